The van der Waals surface area contributed by atoms with Gasteiger partial charge in [-0.3, -0.25) is 14.8 Å². The molecule has 1 atom stereocenters. The first kappa shape index (κ1) is 19.5. The van der Waals surface area contributed by atoms with Gasteiger partial charge in [-0.15, -0.1) is 12.4 Å². The van der Waals surface area contributed by atoms with Crippen molar-refractivity contribution in [2.24, 2.45) is 7.05 Å². The van der Waals surface area contributed by atoms with E-state index in [2.05, 4.69) is 20.6 Å². The molecule has 0 bridgehead atoms. The number of rotatable bonds is 6. The molecule has 0 radical (unpaired) electrons. The summed E-state index contributed by atoms with van der Waals surface area (Å²) >= 11 is 0. The second kappa shape index (κ2) is 8.07. The highest BCUT2D eigenvalue weighted by molar-refractivity contribution is 5.85. The van der Waals surface area contributed by atoms with E-state index >= 15 is 0 Å². The summed E-state index contributed by atoms with van der Waals surface area (Å²) in [4.78, 5) is 14.8. The van der Waals surface area contributed by atoms with Gasteiger partial charge in [-0.2, -0.15) is 10.1 Å². The normalized spacial score (nSPS) is 11.8. The molecule has 0 saturated carbocycles. The molecule has 10 heteroatoms. The van der Waals surface area contributed by atoms with E-state index in [0.717, 1.165) is 5.56 Å². The summed E-state index contributed by atoms with van der Waals surface area (Å²) in [7, 11) is 3.66. The smallest absolute Gasteiger partial charge is 0.269 e. The Hall–Kier alpha value is -2.78. The van der Waals surface area contributed by atoms with Crippen molar-refractivity contribution in [1.29, 1.82) is 0 Å². The standard InChI is InChI=1S/C16H18N6O3.ClH/c1-10(17-2)8-14-18-16(25-20-14)13-9-21(3)19-15(13)11-4-6-12(7-5-11)22(23)24;/h4-7,9-10,17H,8H2,1-3H3;1H. The molecule has 26 heavy (non-hydrogen) atoms. The van der Waals surface area contributed by atoms with Gasteiger partial charge in [0.1, 0.15) is 5.69 Å². The van der Waals surface area contributed by atoms with Gasteiger partial charge in [0.25, 0.3) is 11.6 Å². The van der Waals surface area contributed by atoms with Crippen molar-refractivity contribution in [3.05, 3.63) is 46.4 Å². The SMILES string of the molecule is CNC(C)Cc1noc(-c2cn(C)nc2-c2ccc([N+](=O)[O-])cc2)n1.Cl. The number of aromatic nitrogens is 4. The second-order valence-electron chi connectivity index (χ2n) is 5.78. The number of hydrogen-bond donors (Lipinski definition) is 1. The van der Waals surface area contributed by atoms with Gasteiger partial charge in [0.15, 0.2) is 5.82 Å². The van der Waals surface area contributed by atoms with Gasteiger partial charge in [-0.1, -0.05) is 5.16 Å². The molecule has 1 N–H and O–H groups in total. The lowest BCUT2D eigenvalue weighted by Gasteiger charge is -2.04. The second-order valence-corrected chi connectivity index (χ2v) is 5.78. The third-order valence-electron chi connectivity index (χ3n) is 3.86. The van der Waals surface area contributed by atoms with Crippen LogP contribution in [-0.4, -0.2) is 37.9 Å². The molecule has 3 aromatic rings. The van der Waals surface area contributed by atoms with Crippen molar-refractivity contribution in [2.75, 3.05) is 7.05 Å². The first-order valence-corrected chi connectivity index (χ1v) is 7.76. The lowest BCUT2D eigenvalue weighted by Crippen LogP contribution is -2.24. The summed E-state index contributed by atoms with van der Waals surface area (Å²) in [6, 6.07) is 6.44. The van der Waals surface area contributed by atoms with E-state index in [0.29, 0.717) is 29.4 Å². The molecular formula is C16H19ClN6O3. The Kier molecular flexibility index (Phi) is 6.06. The van der Waals surface area contributed by atoms with Crippen molar-refractivity contribution >= 4 is 18.1 Å². The van der Waals surface area contributed by atoms with Crippen LogP contribution in [0.5, 0.6) is 0 Å². The fraction of sp³-hybridized carbons (Fsp3) is 0.312. The van der Waals surface area contributed by atoms with Crippen LogP contribution in [0, 0.1) is 10.1 Å². The van der Waals surface area contributed by atoms with Crippen LogP contribution in [-0.2, 0) is 13.5 Å². The Labute approximate surface area is 156 Å². The third-order valence-corrected chi connectivity index (χ3v) is 3.86. The first-order chi connectivity index (χ1) is 12.0. The number of likely N-dealkylation sites (N-methyl/N-ethyl adjacent to an activating group) is 1. The van der Waals surface area contributed by atoms with E-state index in [4.69, 9.17) is 4.52 Å². The highest BCUT2D eigenvalue weighted by Crippen LogP contribution is 2.30. The van der Waals surface area contributed by atoms with Crippen LogP contribution in [0.1, 0.15) is 12.7 Å². The Morgan fingerprint density at radius 1 is 1.35 bits per heavy atom. The van der Waals surface area contributed by atoms with Crippen molar-refractivity contribution in [1.82, 2.24) is 25.2 Å². The van der Waals surface area contributed by atoms with Crippen molar-refractivity contribution in [3.8, 4) is 22.7 Å². The minimum absolute atomic E-state index is 0. The average molecular weight is 379 g/mol. The maximum absolute atomic E-state index is 10.8. The lowest BCUT2D eigenvalue weighted by atomic mass is 10.1. The molecule has 0 aliphatic carbocycles. The van der Waals surface area contributed by atoms with E-state index in [1.807, 2.05) is 14.0 Å². The zero-order valence-corrected chi connectivity index (χ0v) is 15.4. The van der Waals surface area contributed by atoms with Crippen LogP contribution in [0.3, 0.4) is 0 Å². The number of non-ortho nitro benzene ring substituents is 1. The van der Waals surface area contributed by atoms with Crippen LogP contribution in [0.25, 0.3) is 22.7 Å². The molecule has 0 amide bonds. The molecular weight excluding hydrogens is 360 g/mol. The molecule has 0 fully saturated rings. The predicted octanol–water partition coefficient (Wildman–Crippen LogP) is 2.62. The highest BCUT2D eigenvalue weighted by atomic mass is 35.5. The Morgan fingerprint density at radius 3 is 2.65 bits per heavy atom. The quantitative estimate of drug-likeness (QED) is 0.518. The Balaban J connectivity index is 0.00000243. The molecule has 0 aliphatic heterocycles. The summed E-state index contributed by atoms with van der Waals surface area (Å²) in [5, 5.41) is 22.4. The molecule has 2 aromatic heterocycles. The fourth-order valence-electron chi connectivity index (χ4n) is 2.42. The van der Waals surface area contributed by atoms with Gasteiger partial charge in [0.05, 0.1) is 10.5 Å². The minimum atomic E-state index is -0.434. The van der Waals surface area contributed by atoms with Crippen LogP contribution in [0.4, 0.5) is 5.69 Å². The Bertz CT molecular complexity index is 890. The van der Waals surface area contributed by atoms with Gasteiger partial charge in [0.2, 0.25) is 0 Å². The maximum atomic E-state index is 10.8. The number of nitrogens with one attached hydrogen (secondary N) is 1. The largest absolute Gasteiger partial charge is 0.334 e. The molecule has 138 valence electrons. The number of nitrogens with zero attached hydrogens (tertiary/aromatic N) is 5. The number of hydrogen-bond acceptors (Lipinski definition) is 7. The van der Waals surface area contributed by atoms with Crippen LogP contribution >= 0.6 is 12.4 Å². The number of halogens is 1. The summed E-state index contributed by atoms with van der Waals surface area (Å²) < 4.78 is 7.03. The van der Waals surface area contributed by atoms with E-state index in [9.17, 15) is 10.1 Å². The van der Waals surface area contributed by atoms with Gasteiger partial charge in [-0.05, 0) is 26.1 Å². The zero-order valence-electron chi connectivity index (χ0n) is 14.5. The van der Waals surface area contributed by atoms with E-state index < -0.39 is 4.92 Å². The van der Waals surface area contributed by atoms with Crippen molar-refractivity contribution < 1.29 is 9.45 Å². The predicted molar refractivity (Wildman–Crippen MR) is 98.1 cm³/mol. The average Bonchev–Trinajstić information content (AvgIpc) is 3.21. The molecule has 1 aromatic carbocycles. The van der Waals surface area contributed by atoms with Crippen molar-refractivity contribution in [2.45, 2.75) is 19.4 Å². The van der Waals surface area contributed by atoms with E-state index in [1.54, 1.807) is 30.1 Å². The Morgan fingerprint density at radius 2 is 2.04 bits per heavy atom. The zero-order chi connectivity index (χ0) is 18.0. The monoisotopic (exact) mass is 378 g/mol. The first-order valence-electron chi connectivity index (χ1n) is 7.76. The number of nitro benzene ring substituents is 1. The summed E-state index contributed by atoms with van der Waals surface area (Å²) in [6.07, 6.45) is 2.43. The van der Waals surface area contributed by atoms with Crippen LogP contribution in [0.2, 0.25) is 0 Å². The molecule has 2 heterocycles. The molecule has 0 aliphatic rings. The molecule has 0 spiro atoms. The van der Waals surface area contributed by atoms with Gasteiger partial charge in [0, 0.05) is 43.4 Å². The maximum Gasteiger partial charge on any atom is 0.269 e. The van der Waals surface area contributed by atoms with Gasteiger partial charge < -0.3 is 9.84 Å². The van der Waals surface area contributed by atoms with Crippen LogP contribution < -0.4 is 5.32 Å². The lowest BCUT2D eigenvalue weighted by molar-refractivity contribution is -0.384. The van der Waals surface area contributed by atoms with Crippen LogP contribution in [0.15, 0.2) is 35.0 Å². The van der Waals surface area contributed by atoms with Crippen molar-refractivity contribution in [3.63, 3.8) is 0 Å². The molecule has 9 nitrogen and oxygen atoms in total. The van der Waals surface area contributed by atoms with Gasteiger partial charge in [-0.25, -0.2) is 0 Å². The summed E-state index contributed by atoms with van der Waals surface area (Å²) in [5.74, 6) is 0.982. The van der Waals surface area contributed by atoms with E-state index in [1.165, 1.54) is 12.1 Å². The fourth-order valence-corrected chi connectivity index (χ4v) is 2.42. The third kappa shape index (κ3) is 4.06. The number of aryl methyl sites for hydroxylation is 1. The van der Waals surface area contributed by atoms with Gasteiger partial charge >= 0.3 is 0 Å². The topological polar surface area (TPSA) is 112 Å². The molecule has 0 saturated heterocycles. The molecule has 3 rings (SSSR count). The molecule has 1 unspecified atom stereocenters. The number of nitro groups is 1. The minimum Gasteiger partial charge on any atom is -0.334 e. The highest BCUT2D eigenvalue weighted by Gasteiger charge is 2.19. The summed E-state index contributed by atoms with van der Waals surface area (Å²) in [6.45, 7) is 2.03. The summed E-state index contributed by atoms with van der Waals surface area (Å²) in [5.41, 5.74) is 2.09. The number of benzene rings is 1. The van der Waals surface area contributed by atoms with E-state index in [-0.39, 0.29) is 24.1 Å².